The largest absolute Gasteiger partial charge is 0.508 e. The molecule has 29 heavy (non-hydrogen) atoms. The molecule has 2 aliphatic heterocycles. The van der Waals surface area contributed by atoms with Gasteiger partial charge in [-0.15, -0.1) is 0 Å². The molecule has 0 aromatic heterocycles. The number of benzene rings is 2. The van der Waals surface area contributed by atoms with Gasteiger partial charge in [0.25, 0.3) is 0 Å². The molecule has 3 N–H and O–H groups in total. The van der Waals surface area contributed by atoms with Crippen LogP contribution in [0.5, 0.6) is 5.75 Å². The predicted molar refractivity (Wildman–Crippen MR) is 107 cm³/mol. The molecule has 4 rings (SSSR count). The van der Waals surface area contributed by atoms with Gasteiger partial charge >= 0.3 is 5.97 Å². The minimum atomic E-state index is -1.64. The van der Waals surface area contributed by atoms with E-state index in [4.69, 9.17) is 0 Å². The summed E-state index contributed by atoms with van der Waals surface area (Å²) >= 11 is 3.34. The fourth-order valence-corrected chi connectivity index (χ4v) is 4.74. The lowest BCUT2D eigenvalue weighted by Gasteiger charge is -2.27. The first kappa shape index (κ1) is 19.6. The molecule has 2 saturated heterocycles. The van der Waals surface area contributed by atoms with Crippen LogP contribution < -0.4 is 5.32 Å². The lowest BCUT2D eigenvalue weighted by atomic mass is 9.80. The number of carboxylic acid groups (broad SMARTS) is 1. The summed E-state index contributed by atoms with van der Waals surface area (Å²) in [7, 11) is 0. The molecule has 0 bridgehead atoms. The number of phenols is 1. The Balaban J connectivity index is 1.78. The van der Waals surface area contributed by atoms with E-state index in [0.717, 1.165) is 10.5 Å². The Morgan fingerprint density at radius 2 is 1.86 bits per heavy atom. The van der Waals surface area contributed by atoms with E-state index in [1.165, 1.54) is 13.0 Å². The average Bonchev–Trinajstić information content (AvgIpc) is 3.14. The first-order valence-corrected chi connectivity index (χ1v) is 9.92. The van der Waals surface area contributed by atoms with Crippen molar-refractivity contribution in [3.63, 3.8) is 0 Å². The van der Waals surface area contributed by atoms with Gasteiger partial charge in [-0.25, -0.2) is 0 Å². The highest BCUT2D eigenvalue weighted by molar-refractivity contribution is 9.10. The van der Waals surface area contributed by atoms with Crippen molar-refractivity contribution in [2.24, 2.45) is 11.8 Å². The molecule has 0 saturated carbocycles. The molecule has 0 aliphatic carbocycles. The molecule has 7 nitrogen and oxygen atoms in total. The van der Waals surface area contributed by atoms with Gasteiger partial charge in [-0.3, -0.25) is 24.6 Å². The molecule has 2 fully saturated rings. The van der Waals surface area contributed by atoms with Gasteiger partial charge in [0.05, 0.1) is 18.4 Å². The van der Waals surface area contributed by atoms with Crippen LogP contribution in [0.15, 0.2) is 53.0 Å². The van der Waals surface area contributed by atoms with Gasteiger partial charge in [-0.1, -0.05) is 46.3 Å². The number of carbonyl (C=O) groups is 3. The molecule has 2 aromatic carbocycles. The van der Waals surface area contributed by atoms with Crippen LogP contribution in [0.4, 0.5) is 0 Å². The molecule has 4 atom stereocenters. The van der Waals surface area contributed by atoms with Crippen molar-refractivity contribution in [1.82, 2.24) is 10.2 Å². The number of amides is 2. The number of fused-ring (bicyclic) bond motifs is 1. The van der Waals surface area contributed by atoms with E-state index in [1.54, 1.807) is 24.3 Å². The Kier molecular flexibility index (Phi) is 4.71. The highest BCUT2D eigenvalue weighted by atomic mass is 79.9. The molecule has 2 heterocycles. The topological polar surface area (TPSA) is 107 Å². The van der Waals surface area contributed by atoms with Crippen molar-refractivity contribution in [3.05, 3.63) is 64.1 Å². The second-order valence-electron chi connectivity index (χ2n) is 7.58. The minimum Gasteiger partial charge on any atom is -0.508 e. The zero-order valence-electron chi connectivity index (χ0n) is 15.5. The van der Waals surface area contributed by atoms with Crippen molar-refractivity contribution in [3.8, 4) is 5.75 Å². The smallest absolute Gasteiger partial charge is 0.324 e. The van der Waals surface area contributed by atoms with E-state index in [0.29, 0.717) is 10.0 Å². The number of hydrogen-bond donors (Lipinski definition) is 3. The van der Waals surface area contributed by atoms with E-state index in [1.807, 2.05) is 18.2 Å². The maximum atomic E-state index is 13.3. The molecule has 2 aromatic rings. The van der Waals surface area contributed by atoms with E-state index in [2.05, 4.69) is 21.2 Å². The van der Waals surface area contributed by atoms with Crippen molar-refractivity contribution in [1.29, 1.82) is 0 Å². The number of phenolic OH excluding ortho intramolecular Hbond substituents is 1. The summed E-state index contributed by atoms with van der Waals surface area (Å²) in [4.78, 5) is 39.7. The molecule has 2 aliphatic rings. The number of imide groups is 1. The molecular formula is C21H19BrN2O5. The summed E-state index contributed by atoms with van der Waals surface area (Å²) in [5, 5.41) is 23.2. The zero-order chi connectivity index (χ0) is 20.9. The van der Waals surface area contributed by atoms with Gasteiger partial charge in [-0.05, 0) is 30.7 Å². The zero-order valence-corrected chi connectivity index (χ0v) is 17.1. The van der Waals surface area contributed by atoms with E-state index in [-0.39, 0.29) is 12.3 Å². The molecule has 0 radical (unpaired) electrons. The number of halogens is 1. The quantitative estimate of drug-likeness (QED) is 0.607. The van der Waals surface area contributed by atoms with Crippen LogP contribution in [0.3, 0.4) is 0 Å². The van der Waals surface area contributed by atoms with Crippen LogP contribution in [0.1, 0.15) is 24.1 Å². The number of aromatic hydroxyl groups is 1. The number of likely N-dealkylation sites (tertiary alicyclic amines) is 1. The van der Waals surface area contributed by atoms with Crippen LogP contribution in [0.25, 0.3) is 0 Å². The van der Waals surface area contributed by atoms with Gasteiger partial charge < -0.3 is 10.2 Å². The van der Waals surface area contributed by atoms with Gasteiger partial charge in [0, 0.05) is 16.1 Å². The summed E-state index contributed by atoms with van der Waals surface area (Å²) < 4.78 is 0.672. The average molecular weight is 459 g/mol. The molecule has 4 unspecified atom stereocenters. The number of aliphatic carboxylic acids is 1. The Morgan fingerprint density at radius 3 is 2.52 bits per heavy atom. The Hall–Kier alpha value is -2.71. The third kappa shape index (κ3) is 3.03. The predicted octanol–water partition coefficient (Wildman–Crippen LogP) is 2.44. The van der Waals surface area contributed by atoms with Crippen LogP contribution in [-0.2, 0) is 20.9 Å². The lowest BCUT2D eigenvalue weighted by molar-refractivity contribution is -0.150. The fourth-order valence-electron chi connectivity index (χ4n) is 4.36. The molecule has 0 spiro atoms. The Morgan fingerprint density at radius 1 is 1.17 bits per heavy atom. The number of hydrogen-bond acceptors (Lipinski definition) is 5. The SMILES string of the molecule is CC1(C(=O)O)NC(c2cc(Br)ccc2O)C2C(=O)N(Cc3ccccc3)C(=O)C21. The normalized spacial score (nSPS) is 28.6. The number of rotatable bonds is 4. The summed E-state index contributed by atoms with van der Waals surface area (Å²) in [6, 6.07) is 13.0. The van der Waals surface area contributed by atoms with Crippen LogP contribution >= 0.6 is 15.9 Å². The summed E-state index contributed by atoms with van der Waals surface area (Å²) in [5.74, 6) is -4.23. The number of nitrogens with one attached hydrogen (secondary N) is 1. The molecule has 8 heteroatoms. The van der Waals surface area contributed by atoms with Gasteiger partial charge in [-0.2, -0.15) is 0 Å². The second-order valence-corrected chi connectivity index (χ2v) is 8.50. The maximum absolute atomic E-state index is 13.3. The van der Waals surface area contributed by atoms with Crippen molar-refractivity contribution < 1.29 is 24.6 Å². The Bertz CT molecular complexity index is 1010. The minimum absolute atomic E-state index is 0.0687. The van der Waals surface area contributed by atoms with Crippen molar-refractivity contribution in [2.75, 3.05) is 0 Å². The van der Waals surface area contributed by atoms with Crippen LogP contribution in [0.2, 0.25) is 0 Å². The lowest BCUT2D eigenvalue weighted by Crippen LogP contribution is -2.53. The number of carbonyl (C=O) groups excluding carboxylic acids is 2. The summed E-state index contributed by atoms with van der Waals surface area (Å²) in [6.07, 6.45) is 0. The Labute approximate surface area is 175 Å². The van der Waals surface area contributed by atoms with Gasteiger partial charge in [0.1, 0.15) is 11.3 Å². The fraction of sp³-hybridized carbons (Fsp3) is 0.286. The van der Waals surface area contributed by atoms with E-state index >= 15 is 0 Å². The van der Waals surface area contributed by atoms with Crippen LogP contribution in [0, 0.1) is 11.8 Å². The van der Waals surface area contributed by atoms with Crippen molar-refractivity contribution in [2.45, 2.75) is 25.0 Å². The van der Waals surface area contributed by atoms with Crippen molar-refractivity contribution >= 4 is 33.7 Å². The highest BCUT2D eigenvalue weighted by Crippen LogP contribution is 2.50. The number of nitrogens with zero attached hydrogens (tertiary/aromatic N) is 1. The standard InChI is InChI=1S/C21H19BrN2O5/c1-21(20(28)29)16-15(17(23-21)13-9-12(22)7-8-14(13)25)18(26)24(19(16)27)10-11-5-3-2-4-6-11/h2-9,15-17,23,25H,10H2,1H3,(H,28,29). The van der Waals surface area contributed by atoms with E-state index < -0.39 is 41.2 Å². The van der Waals surface area contributed by atoms with Crippen LogP contribution in [-0.4, -0.2) is 38.4 Å². The molecular weight excluding hydrogens is 440 g/mol. The third-order valence-electron chi connectivity index (χ3n) is 5.83. The first-order chi connectivity index (χ1) is 13.7. The second kappa shape index (κ2) is 6.96. The molecule has 2 amide bonds. The summed E-state index contributed by atoms with van der Waals surface area (Å²) in [6.45, 7) is 1.50. The monoisotopic (exact) mass is 458 g/mol. The number of carboxylic acids is 1. The highest BCUT2D eigenvalue weighted by Gasteiger charge is 2.66. The van der Waals surface area contributed by atoms with Gasteiger partial charge in [0.15, 0.2) is 0 Å². The maximum Gasteiger partial charge on any atom is 0.324 e. The first-order valence-electron chi connectivity index (χ1n) is 9.12. The third-order valence-corrected chi connectivity index (χ3v) is 6.32. The molecule has 150 valence electrons. The van der Waals surface area contributed by atoms with E-state index in [9.17, 15) is 24.6 Å². The van der Waals surface area contributed by atoms with Gasteiger partial charge in [0.2, 0.25) is 11.8 Å². The summed E-state index contributed by atoms with van der Waals surface area (Å²) in [5.41, 5.74) is -0.481.